The van der Waals surface area contributed by atoms with E-state index in [-0.39, 0.29) is 4.99 Å². The number of carbonyl (C=O) groups excluding carboxylic acids is 1. The summed E-state index contributed by atoms with van der Waals surface area (Å²) in [6.07, 6.45) is 0. The first-order chi connectivity index (χ1) is 7.74. The number of hydrogen-bond acceptors (Lipinski definition) is 3. The van der Waals surface area contributed by atoms with E-state index in [2.05, 4.69) is 5.32 Å². The Balaban J connectivity index is 3.02. The number of primary amides is 1. The number of thiocarbonyl (C=S) groups is 1. The van der Waals surface area contributed by atoms with Crippen LogP contribution in [0.4, 0.5) is 5.69 Å². The van der Waals surface area contributed by atoms with Crippen LogP contribution < -0.4 is 16.8 Å². The van der Waals surface area contributed by atoms with Gasteiger partial charge in [-0.15, -0.1) is 0 Å². The van der Waals surface area contributed by atoms with E-state index < -0.39 is 11.4 Å². The fourth-order valence-corrected chi connectivity index (χ4v) is 1.52. The molecule has 0 aliphatic heterocycles. The number of nitrogens with two attached hydrogens (primary N) is 2. The van der Waals surface area contributed by atoms with Gasteiger partial charge in [-0.3, -0.25) is 4.79 Å². The SMILES string of the molecule is CC(C)(Nc1ccc(C(N)=S)cc1Cl)C(N)=O. The van der Waals surface area contributed by atoms with Gasteiger partial charge in [-0.2, -0.15) is 0 Å². The summed E-state index contributed by atoms with van der Waals surface area (Å²) in [6, 6.07) is 5.08. The number of carbonyl (C=O) groups is 1. The molecule has 1 aromatic rings. The molecule has 0 aliphatic rings. The van der Waals surface area contributed by atoms with Crippen molar-refractivity contribution in [2.24, 2.45) is 11.5 Å². The van der Waals surface area contributed by atoms with Crippen molar-refractivity contribution in [3.63, 3.8) is 0 Å². The Labute approximate surface area is 110 Å². The van der Waals surface area contributed by atoms with Gasteiger partial charge in [0.05, 0.1) is 10.7 Å². The molecule has 0 saturated carbocycles. The smallest absolute Gasteiger partial charge is 0.242 e. The predicted molar refractivity (Wildman–Crippen MR) is 74.2 cm³/mol. The molecule has 0 aromatic heterocycles. The third kappa shape index (κ3) is 3.31. The molecule has 0 unspecified atom stereocenters. The topological polar surface area (TPSA) is 81.1 Å². The van der Waals surface area contributed by atoms with Crippen molar-refractivity contribution in [2.45, 2.75) is 19.4 Å². The van der Waals surface area contributed by atoms with Crippen LogP contribution >= 0.6 is 23.8 Å². The number of nitrogens with one attached hydrogen (secondary N) is 1. The quantitative estimate of drug-likeness (QED) is 0.728. The van der Waals surface area contributed by atoms with Crippen LogP contribution in [0.25, 0.3) is 0 Å². The minimum Gasteiger partial charge on any atom is -0.389 e. The number of benzene rings is 1. The normalized spacial score (nSPS) is 11.0. The second-order valence-electron chi connectivity index (χ2n) is 4.17. The Hall–Kier alpha value is -1.33. The molecular weight excluding hydrogens is 258 g/mol. The zero-order chi connectivity index (χ0) is 13.2. The van der Waals surface area contributed by atoms with E-state index in [1.54, 1.807) is 32.0 Å². The first-order valence-electron chi connectivity index (χ1n) is 4.91. The highest BCUT2D eigenvalue weighted by atomic mass is 35.5. The summed E-state index contributed by atoms with van der Waals surface area (Å²) >= 11 is 10.9. The first-order valence-corrected chi connectivity index (χ1v) is 5.70. The van der Waals surface area contributed by atoms with Crippen LogP contribution in [-0.2, 0) is 4.79 Å². The van der Waals surface area contributed by atoms with Crippen molar-refractivity contribution in [1.82, 2.24) is 0 Å². The minimum absolute atomic E-state index is 0.271. The van der Waals surface area contributed by atoms with Crippen molar-refractivity contribution in [1.29, 1.82) is 0 Å². The lowest BCUT2D eigenvalue weighted by Crippen LogP contribution is -2.45. The van der Waals surface area contributed by atoms with Crippen LogP contribution in [0.5, 0.6) is 0 Å². The summed E-state index contributed by atoms with van der Waals surface area (Å²) in [4.78, 5) is 11.5. The Bertz CT molecular complexity index is 474. The fourth-order valence-electron chi connectivity index (χ4n) is 1.17. The number of anilines is 1. The number of halogens is 1. The van der Waals surface area contributed by atoms with Gasteiger partial charge in [-0.25, -0.2) is 0 Å². The molecular formula is C11H14ClN3OS. The molecule has 5 N–H and O–H groups in total. The van der Waals surface area contributed by atoms with Gasteiger partial charge in [0.1, 0.15) is 10.5 Å². The van der Waals surface area contributed by atoms with E-state index in [1.807, 2.05) is 0 Å². The molecule has 1 amide bonds. The van der Waals surface area contributed by atoms with E-state index in [4.69, 9.17) is 35.3 Å². The Morgan fingerprint density at radius 1 is 1.41 bits per heavy atom. The summed E-state index contributed by atoms with van der Waals surface area (Å²) in [5.41, 5.74) is 11.1. The van der Waals surface area contributed by atoms with Gasteiger partial charge in [0, 0.05) is 5.56 Å². The van der Waals surface area contributed by atoms with Crippen LogP contribution in [0.3, 0.4) is 0 Å². The summed E-state index contributed by atoms with van der Waals surface area (Å²) < 4.78 is 0. The van der Waals surface area contributed by atoms with Gasteiger partial charge in [-0.05, 0) is 32.0 Å². The molecule has 0 radical (unpaired) electrons. The van der Waals surface area contributed by atoms with E-state index in [9.17, 15) is 4.79 Å². The van der Waals surface area contributed by atoms with E-state index >= 15 is 0 Å². The highest BCUT2D eigenvalue weighted by molar-refractivity contribution is 7.80. The largest absolute Gasteiger partial charge is 0.389 e. The maximum absolute atomic E-state index is 11.2. The molecule has 1 aromatic carbocycles. The van der Waals surface area contributed by atoms with Crippen LogP contribution in [0.2, 0.25) is 5.02 Å². The van der Waals surface area contributed by atoms with Crippen molar-refractivity contribution < 1.29 is 4.79 Å². The average molecular weight is 272 g/mol. The highest BCUT2D eigenvalue weighted by Gasteiger charge is 2.25. The Morgan fingerprint density at radius 2 is 2.00 bits per heavy atom. The van der Waals surface area contributed by atoms with Crippen molar-refractivity contribution in [3.8, 4) is 0 Å². The van der Waals surface area contributed by atoms with Crippen LogP contribution in [0.15, 0.2) is 18.2 Å². The van der Waals surface area contributed by atoms with Crippen molar-refractivity contribution in [2.75, 3.05) is 5.32 Å². The van der Waals surface area contributed by atoms with Crippen LogP contribution in [-0.4, -0.2) is 16.4 Å². The molecule has 0 spiro atoms. The summed E-state index contributed by atoms with van der Waals surface area (Å²) in [6.45, 7) is 3.35. The predicted octanol–water partition coefficient (Wildman–Crippen LogP) is 1.65. The van der Waals surface area contributed by atoms with Gasteiger partial charge >= 0.3 is 0 Å². The molecule has 0 atom stereocenters. The van der Waals surface area contributed by atoms with Gasteiger partial charge in [0.25, 0.3) is 0 Å². The monoisotopic (exact) mass is 271 g/mol. The molecule has 0 fully saturated rings. The third-order valence-corrected chi connectivity index (χ3v) is 2.87. The van der Waals surface area contributed by atoms with E-state index in [0.717, 1.165) is 0 Å². The lowest BCUT2D eigenvalue weighted by molar-refractivity contribution is -0.121. The molecule has 0 bridgehead atoms. The molecule has 6 heteroatoms. The van der Waals surface area contributed by atoms with Crippen molar-refractivity contribution >= 4 is 40.4 Å². The summed E-state index contributed by atoms with van der Waals surface area (Å²) in [5.74, 6) is -0.466. The average Bonchev–Trinajstić information content (AvgIpc) is 2.20. The van der Waals surface area contributed by atoms with Crippen molar-refractivity contribution in [3.05, 3.63) is 28.8 Å². The molecule has 0 saturated heterocycles. The third-order valence-electron chi connectivity index (χ3n) is 2.32. The lowest BCUT2D eigenvalue weighted by Gasteiger charge is -2.24. The number of amides is 1. The summed E-state index contributed by atoms with van der Waals surface area (Å²) in [5, 5.41) is 3.40. The second-order valence-corrected chi connectivity index (χ2v) is 5.02. The van der Waals surface area contributed by atoms with Gasteiger partial charge < -0.3 is 16.8 Å². The zero-order valence-electron chi connectivity index (χ0n) is 9.58. The maximum Gasteiger partial charge on any atom is 0.242 e. The summed E-state index contributed by atoms with van der Waals surface area (Å²) in [7, 11) is 0. The second kappa shape index (κ2) is 4.89. The zero-order valence-corrected chi connectivity index (χ0v) is 11.2. The van der Waals surface area contributed by atoms with Gasteiger partial charge in [0.15, 0.2) is 0 Å². The maximum atomic E-state index is 11.2. The first kappa shape index (κ1) is 13.7. The standard InChI is InChI=1S/C11H14ClN3OS/c1-11(2,10(14)16)15-8-4-3-6(9(13)17)5-7(8)12/h3-5,15H,1-2H3,(H2,13,17)(H2,14,16). The van der Waals surface area contributed by atoms with E-state index in [0.29, 0.717) is 16.3 Å². The van der Waals surface area contributed by atoms with Gasteiger partial charge in [-0.1, -0.05) is 23.8 Å². The fraction of sp³-hybridized carbons (Fsp3) is 0.273. The van der Waals surface area contributed by atoms with Gasteiger partial charge in [0.2, 0.25) is 5.91 Å². The van der Waals surface area contributed by atoms with E-state index in [1.165, 1.54) is 0 Å². The molecule has 92 valence electrons. The highest BCUT2D eigenvalue weighted by Crippen LogP contribution is 2.26. The van der Waals surface area contributed by atoms with Crippen LogP contribution in [0.1, 0.15) is 19.4 Å². The number of hydrogen-bond donors (Lipinski definition) is 3. The minimum atomic E-state index is -0.881. The Kier molecular flexibility index (Phi) is 3.95. The molecule has 17 heavy (non-hydrogen) atoms. The molecule has 4 nitrogen and oxygen atoms in total. The Morgan fingerprint density at radius 3 is 2.41 bits per heavy atom. The lowest BCUT2D eigenvalue weighted by atomic mass is 10.0. The number of rotatable bonds is 4. The molecule has 0 aliphatic carbocycles. The molecule has 0 heterocycles. The molecule has 1 rings (SSSR count). The van der Waals surface area contributed by atoms with Crippen LogP contribution in [0, 0.1) is 0 Å².